The predicted octanol–water partition coefficient (Wildman–Crippen LogP) is 1.84. The van der Waals surface area contributed by atoms with Crippen LogP contribution in [0, 0.1) is 0 Å². The maximum absolute atomic E-state index is 11.8. The van der Waals surface area contributed by atoms with Crippen molar-refractivity contribution in [1.82, 2.24) is 4.98 Å². The van der Waals surface area contributed by atoms with Crippen molar-refractivity contribution in [2.75, 3.05) is 13.7 Å². The van der Waals surface area contributed by atoms with Gasteiger partial charge >= 0.3 is 13.1 Å². The molecule has 0 spiro atoms. The van der Waals surface area contributed by atoms with Crippen LogP contribution in [0.4, 0.5) is 0 Å². The normalized spacial score (nSPS) is 19.7. The van der Waals surface area contributed by atoms with E-state index in [2.05, 4.69) is 4.98 Å². The molecule has 1 aliphatic heterocycles. The third-order valence-corrected chi connectivity index (χ3v) is 4.35. The van der Waals surface area contributed by atoms with Crippen LogP contribution in [-0.4, -0.2) is 42.9 Å². The topological polar surface area (TPSA) is 83.7 Å². The number of aromatic nitrogens is 1. The molecular formula is C16H23BN2O4. The molecule has 23 heavy (non-hydrogen) atoms. The number of nitrogens with two attached hydrogens (primary N) is 1. The van der Waals surface area contributed by atoms with Crippen molar-refractivity contribution >= 4 is 19.2 Å². The number of rotatable bonds is 4. The summed E-state index contributed by atoms with van der Waals surface area (Å²) in [7, 11) is 0.762. The first kappa shape index (κ1) is 17.7. The van der Waals surface area contributed by atoms with Gasteiger partial charge in [-0.15, -0.1) is 0 Å². The molecule has 0 aromatic carbocycles. The fourth-order valence-electron chi connectivity index (χ4n) is 2.22. The first-order chi connectivity index (χ1) is 10.7. The van der Waals surface area contributed by atoms with Crippen LogP contribution in [0.25, 0.3) is 6.08 Å². The standard InChI is InChI=1S/C16H23BN2O4/c1-15(2)16(3,4)23-17(22-15)12(10-18)9-11-7-6-8-19-13(11)14(20)21-5/h6-9H,10,18H2,1-5H3. The SMILES string of the molecule is COC(=O)c1ncccc1C=C(CN)B1OC(C)(C)C(C)(C)O1. The minimum atomic E-state index is -0.560. The number of esters is 1. The molecule has 0 amide bonds. The first-order valence-electron chi connectivity index (χ1n) is 7.51. The average Bonchev–Trinajstić information content (AvgIpc) is 2.72. The molecule has 2 heterocycles. The molecule has 0 unspecified atom stereocenters. The Kier molecular flexibility index (Phi) is 4.94. The fraction of sp³-hybridized carbons (Fsp3) is 0.500. The third kappa shape index (κ3) is 3.47. The van der Waals surface area contributed by atoms with Gasteiger partial charge in [-0.3, -0.25) is 0 Å². The quantitative estimate of drug-likeness (QED) is 0.674. The second-order valence-corrected chi connectivity index (χ2v) is 6.44. The second kappa shape index (κ2) is 6.43. The zero-order valence-corrected chi connectivity index (χ0v) is 14.3. The molecule has 124 valence electrons. The summed E-state index contributed by atoms with van der Waals surface area (Å²) in [6.07, 6.45) is 3.32. The molecule has 0 saturated carbocycles. The van der Waals surface area contributed by atoms with E-state index in [0.29, 0.717) is 5.56 Å². The van der Waals surface area contributed by atoms with E-state index in [0.717, 1.165) is 5.47 Å². The molecule has 2 rings (SSSR count). The lowest BCUT2D eigenvalue weighted by Crippen LogP contribution is -2.41. The van der Waals surface area contributed by atoms with Gasteiger partial charge in [-0.2, -0.15) is 0 Å². The summed E-state index contributed by atoms with van der Waals surface area (Å²) in [5, 5.41) is 0. The number of methoxy groups -OCH3 is 1. The second-order valence-electron chi connectivity index (χ2n) is 6.44. The Morgan fingerprint density at radius 2 is 1.96 bits per heavy atom. The fourth-order valence-corrected chi connectivity index (χ4v) is 2.22. The Bertz CT molecular complexity index is 612. The van der Waals surface area contributed by atoms with Crippen LogP contribution in [0.2, 0.25) is 0 Å². The predicted molar refractivity (Wildman–Crippen MR) is 88.7 cm³/mol. The molecule has 0 bridgehead atoms. The van der Waals surface area contributed by atoms with Gasteiger partial charge in [0.1, 0.15) is 0 Å². The lowest BCUT2D eigenvalue weighted by Gasteiger charge is -2.32. The Morgan fingerprint density at radius 1 is 1.35 bits per heavy atom. The van der Waals surface area contributed by atoms with E-state index >= 15 is 0 Å². The van der Waals surface area contributed by atoms with Crippen molar-refractivity contribution in [3.05, 3.63) is 35.1 Å². The molecule has 1 aromatic rings. The van der Waals surface area contributed by atoms with E-state index in [1.54, 1.807) is 24.4 Å². The maximum atomic E-state index is 11.8. The van der Waals surface area contributed by atoms with E-state index in [1.807, 2.05) is 27.7 Å². The van der Waals surface area contributed by atoms with E-state index in [9.17, 15) is 4.79 Å². The smallest absolute Gasteiger partial charge is 0.464 e. The number of carbonyl (C=O) groups excluding carboxylic acids is 1. The highest BCUT2D eigenvalue weighted by atomic mass is 16.7. The molecule has 0 atom stereocenters. The first-order valence-corrected chi connectivity index (χ1v) is 7.51. The molecule has 6 nitrogen and oxygen atoms in total. The van der Waals surface area contributed by atoms with Gasteiger partial charge in [-0.25, -0.2) is 9.78 Å². The summed E-state index contributed by atoms with van der Waals surface area (Å²) in [5.41, 5.74) is 6.56. The summed E-state index contributed by atoms with van der Waals surface area (Å²) in [6, 6.07) is 3.52. The number of hydrogen-bond acceptors (Lipinski definition) is 6. The molecule has 0 radical (unpaired) electrons. The molecule has 1 fully saturated rings. The number of nitrogens with zero attached hydrogens (tertiary/aromatic N) is 1. The Morgan fingerprint density at radius 3 is 2.48 bits per heavy atom. The van der Waals surface area contributed by atoms with Gasteiger partial charge in [0.25, 0.3) is 0 Å². The van der Waals surface area contributed by atoms with E-state index < -0.39 is 24.3 Å². The summed E-state index contributed by atoms with van der Waals surface area (Å²) < 4.78 is 16.8. The Hall–Kier alpha value is -1.70. The minimum Gasteiger partial charge on any atom is -0.464 e. The highest BCUT2D eigenvalue weighted by molar-refractivity contribution is 6.56. The van der Waals surface area contributed by atoms with E-state index in [4.69, 9.17) is 19.8 Å². The minimum absolute atomic E-state index is 0.234. The van der Waals surface area contributed by atoms with Crippen molar-refractivity contribution in [1.29, 1.82) is 0 Å². The van der Waals surface area contributed by atoms with Crippen LogP contribution < -0.4 is 5.73 Å². The van der Waals surface area contributed by atoms with Crippen LogP contribution >= 0.6 is 0 Å². The lowest BCUT2D eigenvalue weighted by atomic mass is 9.77. The third-order valence-electron chi connectivity index (χ3n) is 4.35. The van der Waals surface area contributed by atoms with Crippen molar-refractivity contribution in [3.8, 4) is 0 Å². The molecule has 7 heteroatoms. The van der Waals surface area contributed by atoms with Crippen LogP contribution in [0.5, 0.6) is 0 Å². The van der Waals surface area contributed by atoms with Crippen molar-refractivity contribution in [2.45, 2.75) is 38.9 Å². The van der Waals surface area contributed by atoms with Gasteiger partial charge in [0.05, 0.1) is 18.3 Å². The molecule has 0 aliphatic carbocycles. The van der Waals surface area contributed by atoms with Gasteiger partial charge in [-0.05, 0) is 39.2 Å². The summed E-state index contributed by atoms with van der Waals surface area (Å²) in [4.78, 5) is 15.9. The van der Waals surface area contributed by atoms with Crippen LogP contribution in [0.1, 0.15) is 43.7 Å². The molecule has 1 aromatic heterocycles. The number of carbonyl (C=O) groups is 1. The van der Waals surface area contributed by atoms with Gasteiger partial charge in [-0.1, -0.05) is 12.1 Å². The summed E-state index contributed by atoms with van der Waals surface area (Å²) in [6.45, 7) is 8.15. The van der Waals surface area contributed by atoms with Gasteiger partial charge in [0.2, 0.25) is 0 Å². The maximum Gasteiger partial charge on any atom is 0.491 e. The molecular weight excluding hydrogens is 295 g/mol. The van der Waals surface area contributed by atoms with E-state index in [1.165, 1.54) is 7.11 Å². The summed E-state index contributed by atoms with van der Waals surface area (Å²) in [5.74, 6) is -0.498. The van der Waals surface area contributed by atoms with Crippen LogP contribution in [-0.2, 0) is 14.0 Å². The highest BCUT2D eigenvalue weighted by Crippen LogP contribution is 2.38. The molecule has 1 aliphatic rings. The molecule has 2 N–H and O–H groups in total. The van der Waals surface area contributed by atoms with Crippen LogP contribution in [0.15, 0.2) is 23.8 Å². The van der Waals surface area contributed by atoms with Crippen molar-refractivity contribution < 1.29 is 18.8 Å². The Balaban J connectivity index is 2.36. The largest absolute Gasteiger partial charge is 0.491 e. The monoisotopic (exact) mass is 318 g/mol. The Labute approximate surface area is 137 Å². The molecule has 1 saturated heterocycles. The van der Waals surface area contributed by atoms with Gasteiger partial charge in [0.15, 0.2) is 5.69 Å². The van der Waals surface area contributed by atoms with Gasteiger partial charge in [0, 0.05) is 18.3 Å². The number of hydrogen-bond donors (Lipinski definition) is 1. The lowest BCUT2D eigenvalue weighted by molar-refractivity contribution is 0.00578. The highest BCUT2D eigenvalue weighted by Gasteiger charge is 2.52. The zero-order valence-electron chi connectivity index (χ0n) is 14.3. The van der Waals surface area contributed by atoms with Gasteiger partial charge < -0.3 is 19.8 Å². The van der Waals surface area contributed by atoms with Crippen molar-refractivity contribution in [2.24, 2.45) is 5.73 Å². The number of pyridine rings is 1. The number of ether oxygens (including phenoxy) is 1. The van der Waals surface area contributed by atoms with E-state index in [-0.39, 0.29) is 12.2 Å². The summed E-state index contributed by atoms with van der Waals surface area (Å²) >= 11 is 0. The van der Waals surface area contributed by atoms with Crippen LogP contribution in [0.3, 0.4) is 0 Å². The average molecular weight is 318 g/mol. The van der Waals surface area contributed by atoms with Crippen molar-refractivity contribution in [3.63, 3.8) is 0 Å². The zero-order chi connectivity index (χ0) is 17.3.